The molecule has 86 valence electrons. The lowest BCUT2D eigenvalue weighted by Gasteiger charge is -2.20. The summed E-state index contributed by atoms with van der Waals surface area (Å²) in [6.07, 6.45) is 1.34. The Kier molecular flexibility index (Phi) is 3.56. The van der Waals surface area contributed by atoms with Crippen molar-refractivity contribution in [1.29, 1.82) is 0 Å². The number of hydrogen-bond acceptors (Lipinski definition) is 2. The second-order valence-corrected chi connectivity index (χ2v) is 4.31. The Bertz CT molecular complexity index is 400. The summed E-state index contributed by atoms with van der Waals surface area (Å²) in [7, 11) is 0. The summed E-state index contributed by atoms with van der Waals surface area (Å²) < 4.78 is 18.7. The predicted molar refractivity (Wildman–Crippen MR) is 59.3 cm³/mol. The lowest BCUT2D eigenvalue weighted by molar-refractivity contribution is 0.0542. The third kappa shape index (κ3) is 2.42. The van der Waals surface area contributed by atoms with Crippen LogP contribution in [0.1, 0.15) is 23.2 Å². The largest absolute Gasteiger partial charge is 0.381 e. The molecule has 1 heterocycles. The van der Waals surface area contributed by atoms with Crippen LogP contribution in [0.25, 0.3) is 0 Å². The fourth-order valence-corrected chi connectivity index (χ4v) is 2.03. The van der Waals surface area contributed by atoms with E-state index in [1.54, 1.807) is 0 Å². The van der Waals surface area contributed by atoms with Gasteiger partial charge in [-0.2, -0.15) is 0 Å². The van der Waals surface area contributed by atoms with Crippen molar-refractivity contribution in [3.05, 3.63) is 34.6 Å². The van der Waals surface area contributed by atoms with Crippen molar-refractivity contribution in [2.45, 2.75) is 12.8 Å². The van der Waals surface area contributed by atoms with Gasteiger partial charge in [0, 0.05) is 24.2 Å². The van der Waals surface area contributed by atoms with Gasteiger partial charge in [0.05, 0.1) is 5.56 Å². The lowest BCUT2D eigenvalue weighted by atomic mass is 9.91. The van der Waals surface area contributed by atoms with Crippen molar-refractivity contribution in [1.82, 2.24) is 0 Å². The van der Waals surface area contributed by atoms with Crippen LogP contribution >= 0.6 is 11.6 Å². The van der Waals surface area contributed by atoms with Gasteiger partial charge >= 0.3 is 0 Å². The first-order chi connectivity index (χ1) is 7.68. The van der Waals surface area contributed by atoms with Gasteiger partial charge < -0.3 is 4.74 Å². The van der Waals surface area contributed by atoms with Crippen LogP contribution in [0.4, 0.5) is 4.39 Å². The van der Waals surface area contributed by atoms with Gasteiger partial charge in [0.2, 0.25) is 0 Å². The zero-order valence-electron chi connectivity index (χ0n) is 8.71. The van der Waals surface area contributed by atoms with Crippen molar-refractivity contribution < 1.29 is 13.9 Å². The van der Waals surface area contributed by atoms with Gasteiger partial charge in [0.25, 0.3) is 0 Å². The highest BCUT2D eigenvalue weighted by Gasteiger charge is 2.24. The number of benzene rings is 1. The van der Waals surface area contributed by atoms with E-state index in [0.717, 1.165) is 0 Å². The van der Waals surface area contributed by atoms with Crippen LogP contribution in [0, 0.1) is 11.7 Å². The van der Waals surface area contributed by atoms with E-state index in [2.05, 4.69) is 0 Å². The minimum absolute atomic E-state index is 0.121. The van der Waals surface area contributed by atoms with E-state index in [1.165, 1.54) is 18.2 Å². The highest BCUT2D eigenvalue weighted by molar-refractivity contribution is 6.30. The van der Waals surface area contributed by atoms with Crippen LogP contribution in [0.5, 0.6) is 0 Å². The second kappa shape index (κ2) is 4.93. The molecule has 0 bridgehead atoms. The predicted octanol–water partition coefficient (Wildman–Crippen LogP) is 3.09. The van der Waals surface area contributed by atoms with Crippen molar-refractivity contribution >= 4 is 17.4 Å². The van der Waals surface area contributed by atoms with Crippen molar-refractivity contribution in [3.8, 4) is 0 Å². The first kappa shape index (κ1) is 11.6. The number of halogens is 2. The first-order valence-electron chi connectivity index (χ1n) is 5.25. The molecule has 2 rings (SSSR count). The highest BCUT2D eigenvalue weighted by Crippen LogP contribution is 2.23. The maximum absolute atomic E-state index is 13.5. The van der Waals surface area contributed by atoms with Gasteiger partial charge in [0.1, 0.15) is 5.82 Å². The van der Waals surface area contributed by atoms with Crippen LogP contribution < -0.4 is 0 Å². The summed E-state index contributed by atoms with van der Waals surface area (Å²) in [6.45, 7) is 1.15. The number of carbonyl (C=O) groups excluding carboxylic acids is 1. The maximum Gasteiger partial charge on any atom is 0.169 e. The Balaban J connectivity index is 2.19. The lowest BCUT2D eigenvalue weighted by Crippen LogP contribution is -2.24. The van der Waals surface area contributed by atoms with Gasteiger partial charge in [-0.15, -0.1) is 0 Å². The van der Waals surface area contributed by atoms with Crippen LogP contribution in [-0.2, 0) is 4.74 Å². The van der Waals surface area contributed by atoms with E-state index in [0.29, 0.717) is 31.1 Å². The van der Waals surface area contributed by atoms with Crippen molar-refractivity contribution in [2.75, 3.05) is 13.2 Å². The van der Waals surface area contributed by atoms with E-state index in [1.807, 2.05) is 0 Å². The molecule has 4 heteroatoms. The van der Waals surface area contributed by atoms with E-state index >= 15 is 0 Å². The minimum atomic E-state index is -0.538. The van der Waals surface area contributed by atoms with Crippen molar-refractivity contribution in [3.63, 3.8) is 0 Å². The summed E-state index contributed by atoms with van der Waals surface area (Å²) >= 11 is 5.64. The molecular weight excluding hydrogens is 231 g/mol. The summed E-state index contributed by atoms with van der Waals surface area (Å²) in [4.78, 5) is 12.0. The molecule has 16 heavy (non-hydrogen) atoms. The summed E-state index contributed by atoms with van der Waals surface area (Å²) in [6, 6.07) is 4.17. The summed E-state index contributed by atoms with van der Waals surface area (Å²) in [5.74, 6) is -0.800. The van der Waals surface area contributed by atoms with E-state index in [-0.39, 0.29) is 17.3 Å². The molecule has 1 aliphatic rings. The first-order valence-corrected chi connectivity index (χ1v) is 5.63. The number of rotatable bonds is 2. The van der Waals surface area contributed by atoms with Crippen molar-refractivity contribution in [2.24, 2.45) is 5.92 Å². The molecule has 0 radical (unpaired) electrons. The molecule has 0 N–H and O–H groups in total. The van der Waals surface area contributed by atoms with Gasteiger partial charge in [-0.1, -0.05) is 11.6 Å². The molecule has 0 amide bonds. The molecule has 0 aliphatic carbocycles. The number of hydrogen-bond donors (Lipinski definition) is 0. The molecule has 2 nitrogen and oxygen atoms in total. The minimum Gasteiger partial charge on any atom is -0.381 e. The zero-order valence-corrected chi connectivity index (χ0v) is 9.47. The number of ether oxygens (including phenoxy) is 1. The Morgan fingerprint density at radius 3 is 2.69 bits per heavy atom. The SMILES string of the molecule is O=C(c1ccc(Cl)cc1F)C1CCOCC1. The Morgan fingerprint density at radius 1 is 1.38 bits per heavy atom. The van der Waals surface area contributed by atoms with Gasteiger partial charge in [-0.3, -0.25) is 4.79 Å². The molecule has 1 aromatic rings. The Labute approximate surface area is 98.4 Å². The standard InChI is InChI=1S/C12H12ClFO2/c13-9-1-2-10(11(14)7-9)12(15)8-3-5-16-6-4-8/h1-2,7-8H,3-6H2. The maximum atomic E-state index is 13.5. The van der Waals surface area contributed by atoms with E-state index in [4.69, 9.17) is 16.3 Å². The molecule has 0 aromatic heterocycles. The molecule has 0 spiro atoms. The molecule has 1 aromatic carbocycles. The van der Waals surface area contributed by atoms with Crippen LogP contribution in [-0.4, -0.2) is 19.0 Å². The number of ketones is 1. The molecule has 0 saturated carbocycles. The fraction of sp³-hybridized carbons (Fsp3) is 0.417. The fourth-order valence-electron chi connectivity index (χ4n) is 1.87. The van der Waals surface area contributed by atoms with Gasteiger partial charge in [-0.05, 0) is 31.0 Å². The van der Waals surface area contributed by atoms with Crippen LogP contribution in [0.3, 0.4) is 0 Å². The van der Waals surface area contributed by atoms with Gasteiger partial charge in [0.15, 0.2) is 5.78 Å². The smallest absolute Gasteiger partial charge is 0.169 e. The number of carbonyl (C=O) groups is 1. The van der Waals surface area contributed by atoms with Gasteiger partial charge in [-0.25, -0.2) is 4.39 Å². The quantitative estimate of drug-likeness (QED) is 0.745. The molecule has 0 unspecified atom stereocenters. The molecule has 1 fully saturated rings. The monoisotopic (exact) mass is 242 g/mol. The zero-order chi connectivity index (χ0) is 11.5. The highest BCUT2D eigenvalue weighted by atomic mass is 35.5. The van der Waals surface area contributed by atoms with E-state index in [9.17, 15) is 9.18 Å². The number of Topliss-reactive ketones (excluding diaryl/α,β-unsaturated/α-hetero) is 1. The average Bonchev–Trinajstić information content (AvgIpc) is 2.29. The van der Waals surface area contributed by atoms with Crippen LogP contribution in [0.15, 0.2) is 18.2 Å². The van der Waals surface area contributed by atoms with Crippen LogP contribution in [0.2, 0.25) is 5.02 Å². The molecular formula is C12H12ClFO2. The van der Waals surface area contributed by atoms with E-state index < -0.39 is 5.82 Å². The average molecular weight is 243 g/mol. The Hall–Kier alpha value is -0.930. The third-order valence-electron chi connectivity index (χ3n) is 2.79. The molecule has 1 aliphatic heterocycles. The second-order valence-electron chi connectivity index (χ2n) is 3.88. The molecule has 1 saturated heterocycles. The summed E-state index contributed by atoms with van der Waals surface area (Å²) in [5, 5.41) is 0.307. The normalized spacial score (nSPS) is 17.4. The topological polar surface area (TPSA) is 26.3 Å². The molecule has 0 atom stereocenters. The summed E-state index contributed by atoms with van der Waals surface area (Å²) in [5.41, 5.74) is 0.135. The Morgan fingerprint density at radius 2 is 2.06 bits per heavy atom. The third-order valence-corrected chi connectivity index (χ3v) is 3.02.